The van der Waals surface area contributed by atoms with Gasteiger partial charge in [0.2, 0.25) is 0 Å². The summed E-state index contributed by atoms with van der Waals surface area (Å²) < 4.78 is 0. The minimum absolute atomic E-state index is 0.119. The first-order valence-electron chi connectivity index (χ1n) is 5.47. The third kappa shape index (κ3) is 2.09. The van der Waals surface area contributed by atoms with Crippen LogP contribution in [0.4, 0.5) is 0 Å². The van der Waals surface area contributed by atoms with Crippen LogP contribution >= 0.6 is 0 Å². The molecule has 0 bridgehead atoms. The molecule has 2 rings (SSSR count). The Bertz CT molecular complexity index is 637. The molecule has 0 heterocycles. The van der Waals surface area contributed by atoms with E-state index in [1.54, 1.807) is 37.3 Å². The zero-order valence-electron chi connectivity index (χ0n) is 9.84. The largest absolute Gasteiger partial charge is 0.508 e. The first-order chi connectivity index (χ1) is 8.63. The molecule has 0 amide bonds. The molecule has 1 N–H and O–H groups in total. The van der Waals surface area contributed by atoms with Gasteiger partial charge in [-0.2, -0.15) is 5.26 Å². The van der Waals surface area contributed by atoms with Crippen molar-refractivity contribution < 1.29 is 9.90 Å². The SMILES string of the molecule is Cc1c(C#N)cccc1C(=O)c1ccc(O)cc1. The van der Waals surface area contributed by atoms with Gasteiger partial charge in [0.1, 0.15) is 5.75 Å². The predicted octanol–water partition coefficient (Wildman–Crippen LogP) is 2.80. The molecule has 0 atom stereocenters. The van der Waals surface area contributed by atoms with Gasteiger partial charge in [0.25, 0.3) is 0 Å². The summed E-state index contributed by atoms with van der Waals surface area (Å²) in [6, 6.07) is 13.2. The van der Waals surface area contributed by atoms with Gasteiger partial charge in [-0.05, 0) is 42.8 Å². The number of hydrogen-bond acceptors (Lipinski definition) is 3. The Balaban J connectivity index is 2.47. The molecule has 18 heavy (non-hydrogen) atoms. The van der Waals surface area contributed by atoms with Crippen LogP contribution in [-0.4, -0.2) is 10.9 Å². The lowest BCUT2D eigenvalue weighted by Gasteiger charge is -2.06. The van der Waals surface area contributed by atoms with E-state index in [1.807, 2.05) is 0 Å². The average molecular weight is 237 g/mol. The van der Waals surface area contributed by atoms with E-state index in [-0.39, 0.29) is 11.5 Å². The Morgan fingerprint density at radius 2 is 1.83 bits per heavy atom. The highest BCUT2D eigenvalue weighted by atomic mass is 16.3. The van der Waals surface area contributed by atoms with Crippen LogP contribution in [0.2, 0.25) is 0 Å². The summed E-state index contributed by atoms with van der Waals surface area (Å²) in [5.74, 6) is -0.0290. The van der Waals surface area contributed by atoms with E-state index >= 15 is 0 Å². The molecular formula is C15H11NO2. The Labute approximate surface area is 105 Å². The van der Waals surface area contributed by atoms with E-state index in [2.05, 4.69) is 6.07 Å². The summed E-state index contributed by atoms with van der Waals surface area (Å²) in [5.41, 5.74) is 2.18. The monoisotopic (exact) mass is 237 g/mol. The Hall–Kier alpha value is -2.60. The van der Waals surface area contributed by atoms with Gasteiger partial charge < -0.3 is 5.11 Å². The highest BCUT2D eigenvalue weighted by molar-refractivity contribution is 6.10. The van der Waals surface area contributed by atoms with E-state index in [9.17, 15) is 9.90 Å². The van der Waals surface area contributed by atoms with E-state index in [0.29, 0.717) is 22.3 Å². The second-order valence-electron chi connectivity index (χ2n) is 3.97. The van der Waals surface area contributed by atoms with Crippen molar-refractivity contribution in [1.82, 2.24) is 0 Å². The van der Waals surface area contributed by atoms with Crippen molar-refractivity contribution in [1.29, 1.82) is 5.26 Å². The van der Waals surface area contributed by atoms with Crippen LogP contribution in [0.15, 0.2) is 42.5 Å². The Morgan fingerprint density at radius 1 is 1.17 bits per heavy atom. The van der Waals surface area contributed by atoms with Gasteiger partial charge in [-0.1, -0.05) is 12.1 Å². The molecule has 0 aliphatic carbocycles. The maximum absolute atomic E-state index is 12.3. The highest BCUT2D eigenvalue weighted by Crippen LogP contribution is 2.18. The molecule has 2 aromatic rings. The Kier molecular flexibility index (Phi) is 3.11. The van der Waals surface area contributed by atoms with Crippen LogP contribution in [0.1, 0.15) is 27.0 Å². The number of phenols is 1. The average Bonchev–Trinajstić information content (AvgIpc) is 2.39. The second-order valence-corrected chi connectivity index (χ2v) is 3.97. The second kappa shape index (κ2) is 4.72. The molecular weight excluding hydrogens is 226 g/mol. The van der Waals surface area contributed by atoms with Crippen molar-refractivity contribution in [2.45, 2.75) is 6.92 Å². The third-order valence-electron chi connectivity index (χ3n) is 2.83. The van der Waals surface area contributed by atoms with Gasteiger partial charge in [-0.3, -0.25) is 4.79 Å². The van der Waals surface area contributed by atoms with Crippen LogP contribution in [0.3, 0.4) is 0 Å². The predicted molar refractivity (Wildman–Crippen MR) is 67.4 cm³/mol. The lowest BCUT2D eigenvalue weighted by Crippen LogP contribution is -2.04. The van der Waals surface area contributed by atoms with Crippen LogP contribution in [-0.2, 0) is 0 Å². The van der Waals surface area contributed by atoms with Crippen LogP contribution in [0.25, 0.3) is 0 Å². The maximum Gasteiger partial charge on any atom is 0.193 e. The normalized spacial score (nSPS) is 9.78. The first-order valence-corrected chi connectivity index (χ1v) is 5.47. The highest BCUT2D eigenvalue weighted by Gasteiger charge is 2.13. The molecule has 3 nitrogen and oxygen atoms in total. The third-order valence-corrected chi connectivity index (χ3v) is 2.83. The molecule has 0 fully saturated rings. The molecule has 0 saturated carbocycles. The van der Waals surface area contributed by atoms with Crippen molar-refractivity contribution >= 4 is 5.78 Å². The van der Waals surface area contributed by atoms with Gasteiger partial charge in [0, 0.05) is 11.1 Å². The summed E-state index contributed by atoms with van der Waals surface area (Å²) >= 11 is 0. The molecule has 2 aromatic carbocycles. The van der Waals surface area contributed by atoms with Crippen LogP contribution < -0.4 is 0 Å². The molecule has 0 aliphatic rings. The van der Waals surface area contributed by atoms with Gasteiger partial charge in [-0.25, -0.2) is 0 Å². The molecule has 0 spiro atoms. The van der Waals surface area contributed by atoms with Crippen LogP contribution in [0.5, 0.6) is 5.75 Å². The molecule has 3 heteroatoms. The molecule has 0 saturated heterocycles. The summed E-state index contributed by atoms with van der Waals surface area (Å²) in [7, 11) is 0. The fraction of sp³-hybridized carbons (Fsp3) is 0.0667. The number of aromatic hydroxyl groups is 1. The van der Waals surface area contributed by atoms with Crippen LogP contribution in [0, 0.1) is 18.3 Å². The van der Waals surface area contributed by atoms with Crippen molar-refractivity contribution in [3.05, 3.63) is 64.7 Å². The zero-order valence-corrected chi connectivity index (χ0v) is 9.84. The summed E-state index contributed by atoms with van der Waals surface area (Å²) in [4.78, 5) is 12.3. The lowest BCUT2D eigenvalue weighted by atomic mass is 9.96. The molecule has 0 radical (unpaired) electrons. The van der Waals surface area contributed by atoms with E-state index < -0.39 is 0 Å². The number of nitriles is 1. The number of benzene rings is 2. The van der Waals surface area contributed by atoms with E-state index in [1.165, 1.54) is 12.1 Å². The van der Waals surface area contributed by atoms with E-state index in [0.717, 1.165) is 0 Å². The molecule has 0 aliphatic heterocycles. The van der Waals surface area contributed by atoms with Gasteiger partial charge >= 0.3 is 0 Å². The summed E-state index contributed by atoms with van der Waals surface area (Å²) in [5, 5.41) is 18.1. The topological polar surface area (TPSA) is 61.1 Å². The zero-order chi connectivity index (χ0) is 13.1. The smallest absolute Gasteiger partial charge is 0.193 e. The summed E-state index contributed by atoms with van der Waals surface area (Å²) in [6.07, 6.45) is 0. The quantitative estimate of drug-likeness (QED) is 0.817. The number of nitrogens with zero attached hydrogens (tertiary/aromatic N) is 1. The van der Waals surface area contributed by atoms with Gasteiger partial charge in [-0.15, -0.1) is 0 Å². The Morgan fingerprint density at radius 3 is 2.44 bits per heavy atom. The lowest BCUT2D eigenvalue weighted by molar-refractivity contribution is 0.103. The summed E-state index contributed by atoms with van der Waals surface area (Å²) in [6.45, 7) is 1.76. The molecule has 88 valence electrons. The molecule has 0 aromatic heterocycles. The molecule has 0 unspecified atom stereocenters. The maximum atomic E-state index is 12.3. The number of ketones is 1. The standard InChI is InChI=1S/C15H11NO2/c1-10-12(9-16)3-2-4-14(10)15(18)11-5-7-13(17)8-6-11/h2-8,17H,1H3. The van der Waals surface area contributed by atoms with Gasteiger partial charge in [0.15, 0.2) is 5.78 Å². The number of rotatable bonds is 2. The number of carbonyl (C=O) groups excluding carboxylic acids is 1. The van der Waals surface area contributed by atoms with Gasteiger partial charge in [0.05, 0.1) is 11.6 Å². The van der Waals surface area contributed by atoms with E-state index in [4.69, 9.17) is 5.26 Å². The first kappa shape index (κ1) is 11.9. The van der Waals surface area contributed by atoms with Crippen molar-refractivity contribution in [2.24, 2.45) is 0 Å². The van der Waals surface area contributed by atoms with Crippen molar-refractivity contribution in [3.63, 3.8) is 0 Å². The minimum atomic E-state index is -0.149. The van der Waals surface area contributed by atoms with Crippen molar-refractivity contribution in [2.75, 3.05) is 0 Å². The number of hydrogen-bond donors (Lipinski definition) is 1. The minimum Gasteiger partial charge on any atom is -0.508 e. The van der Waals surface area contributed by atoms with Crippen molar-refractivity contribution in [3.8, 4) is 11.8 Å². The fourth-order valence-corrected chi connectivity index (χ4v) is 1.77. The fourth-order valence-electron chi connectivity index (χ4n) is 1.77. The number of carbonyl (C=O) groups is 1. The number of phenolic OH excluding ortho intramolecular Hbond substituents is 1.